The number of aromatic nitrogens is 6. The summed E-state index contributed by atoms with van der Waals surface area (Å²) in [6.45, 7) is 0. The van der Waals surface area contributed by atoms with Gasteiger partial charge in [-0.25, -0.2) is 0 Å². The molecule has 2 heterocycles. The van der Waals surface area contributed by atoms with Gasteiger partial charge in [-0.3, -0.25) is 0 Å². The quantitative estimate of drug-likeness (QED) is 0.379. The molecule has 0 bridgehead atoms. The van der Waals surface area contributed by atoms with Crippen molar-refractivity contribution < 1.29 is 17.9 Å². The van der Waals surface area contributed by atoms with Crippen LogP contribution >= 0.6 is 17.0 Å². The van der Waals surface area contributed by atoms with Crippen LogP contribution in [0.2, 0.25) is 0 Å². The van der Waals surface area contributed by atoms with Gasteiger partial charge in [-0.2, -0.15) is 0 Å². The zero-order valence-electron chi connectivity index (χ0n) is 16.1. The third kappa shape index (κ3) is 3.02. The van der Waals surface area contributed by atoms with Crippen LogP contribution in [-0.4, -0.2) is 30.8 Å². The van der Waals surface area contributed by atoms with Crippen molar-refractivity contribution in [1.82, 2.24) is 30.8 Å². The molecule has 2 N–H and O–H groups in total. The van der Waals surface area contributed by atoms with Crippen LogP contribution in [0.25, 0.3) is 23.3 Å². The van der Waals surface area contributed by atoms with Crippen LogP contribution in [0, 0.1) is 0 Å². The number of H-pyrrole nitrogens is 2. The zero-order chi connectivity index (χ0) is 21.0. The Labute approximate surface area is 189 Å². The average molecular weight is 527 g/mol. The van der Waals surface area contributed by atoms with E-state index in [1.807, 2.05) is 24.3 Å². The van der Waals surface area contributed by atoms with E-state index in [-0.39, 0.29) is 7.25 Å². The second-order valence-corrected chi connectivity index (χ2v) is 22.4. The minimum atomic E-state index is -4.11. The summed E-state index contributed by atoms with van der Waals surface area (Å²) in [5.74, 6) is 0. The van der Waals surface area contributed by atoms with Crippen molar-refractivity contribution in [2.75, 3.05) is 0 Å². The van der Waals surface area contributed by atoms with E-state index in [4.69, 9.17) is 17.0 Å². The van der Waals surface area contributed by atoms with Gasteiger partial charge in [0, 0.05) is 0 Å². The number of fused-ring (bicyclic) bond motifs is 2. The molecule has 2 aromatic carbocycles. The molecule has 0 aliphatic heterocycles. The van der Waals surface area contributed by atoms with Crippen molar-refractivity contribution in [2.45, 2.75) is 7.25 Å². The summed E-state index contributed by atoms with van der Waals surface area (Å²) in [7, 11) is 15.2. The number of halogens is 2. The van der Waals surface area contributed by atoms with Gasteiger partial charge in [-0.05, 0) is 0 Å². The maximum absolute atomic E-state index is 7.60. The predicted molar refractivity (Wildman–Crippen MR) is 119 cm³/mol. The van der Waals surface area contributed by atoms with Crippen molar-refractivity contribution in [1.29, 1.82) is 0 Å². The van der Waals surface area contributed by atoms with Crippen molar-refractivity contribution >= 4 is 40.3 Å². The molecule has 0 spiro atoms. The Morgan fingerprint density at radius 3 is 1.55 bits per heavy atom. The van der Waals surface area contributed by atoms with Crippen LogP contribution in [0.3, 0.4) is 0 Å². The molecule has 2 aliphatic carbocycles. The number of hydrogen-bond acceptors (Lipinski definition) is 4. The summed E-state index contributed by atoms with van der Waals surface area (Å²) in [5, 5.41) is 22.1. The molecule has 2 unspecified atom stereocenters. The van der Waals surface area contributed by atoms with Gasteiger partial charge in [-0.1, -0.05) is 0 Å². The summed E-state index contributed by atoms with van der Waals surface area (Å²) >= 11 is -4.11. The Bertz CT molecular complexity index is 1230. The van der Waals surface area contributed by atoms with Crippen LogP contribution in [0.5, 0.6) is 0 Å². The standard InChI is InChI=1S/2C11H8N3.2ClH.Zr/c2*1-2-4-9-6-10(5-8(9)3-1)11-7-12-14-13-11;;;/h2*1-7H,(H,12,13,14);2*1H;/q;;;;+2/p-2. The molecule has 2 aliphatic rings. The van der Waals surface area contributed by atoms with Gasteiger partial charge < -0.3 is 0 Å². The normalized spacial score (nSPS) is 19.7. The van der Waals surface area contributed by atoms with E-state index in [2.05, 4.69) is 67.2 Å². The van der Waals surface area contributed by atoms with Gasteiger partial charge in [0.2, 0.25) is 0 Å². The second kappa shape index (κ2) is 7.37. The molecule has 0 radical (unpaired) electrons. The Balaban J connectivity index is 1.55. The van der Waals surface area contributed by atoms with E-state index in [0.717, 1.165) is 44.8 Å². The Morgan fingerprint density at radius 1 is 0.677 bits per heavy atom. The monoisotopic (exact) mass is 524 g/mol. The fraction of sp³-hybridized carbons (Fsp3) is 0.0909. The summed E-state index contributed by atoms with van der Waals surface area (Å²) in [5.41, 5.74) is 8.19. The maximum atomic E-state index is 7.60. The molecule has 6 nitrogen and oxygen atoms in total. The van der Waals surface area contributed by atoms with Crippen LogP contribution in [0.1, 0.15) is 40.9 Å². The van der Waals surface area contributed by atoms with Gasteiger partial charge in [-0.15, -0.1) is 0 Å². The number of allylic oxidation sites excluding steroid dienone is 2. The molecule has 2 aromatic heterocycles. The van der Waals surface area contributed by atoms with E-state index in [9.17, 15) is 0 Å². The van der Waals surface area contributed by atoms with Crippen molar-refractivity contribution in [3.8, 4) is 0 Å². The van der Waals surface area contributed by atoms with E-state index in [1.165, 1.54) is 0 Å². The van der Waals surface area contributed by atoms with E-state index in [1.54, 1.807) is 12.4 Å². The van der Waals surface area contributed by atoms with Crippen LogP contribution in [0.4, 0.5) is 0 Å². The summed E-state index contributed by atoms with van der Waals surface area (Å²) in [6.07, 6.45) is 7.90. The van der Waals surface area contributed by atoms with Gasteiger partial charge in [0.15, 0.2) is 0 Å². The molecule has 0 fully saturated rings. The van der Waals surface area contributed by atoms with E-state index >= 15 is 0 Å². The molecule has 152 valence electrons. The number of nitrogens with zero attached hydrogens (tertiary/aromatic N) is 4. The number of nitrogens with one attached hydrogen (secondary N) is 2. The van der Waals surface area contributed by atoms with Crippen LogP contribution in [-0.2, 0) is 17.9 Å². The van der Waals surface area contributed by atoms with E-state index < -0.39 is 17.9 Å². The first-order chi connectivity index (χ1) is 15.1. The summed E-state index contributed by atoms with van der Waals surface area (Å²) in [6, 6.07) is 16.6. The Kier molecular flexibility index (Phi) is 4.60. The van der Waals surface area contributed by atoms with Crippen molar-refractivity contribution in [3.63, 3.8) is 0 Å². The van der Waals surface area contributed by atoms with Gasteiger partial charge in [0.05, 0.1) is 0 Å². The third-order valence-corrected chi connectivity index (χ3v) is 18.1. The van der Waals surface area contributed by atoms with Gasteiger partial charge >= 0.3 is 191 Å². The number of aromatic amines is 2. The van der Waals surface area contributed by atoms with Gasteiger partial charge in [0.25, 0.3) is 0 Å². The average Bonchev–Trinajstić information content (AvgIpc) is 3.57. The molecule has 0 saturated carbocycles. The summed E-state index contributed by atoms with van der Waals surface area (Å²) < 4.78 is -0.212. The fourth-order valence-electron chi connectivity index (χ4n) is 4.77. The zero-order valence-corrected chi connectivity index (χ0v) is 20.1. The molecular weight excluding hydrogens is 510 g/mol. The first kappa shape index (κ1) is 19.4. The van der Waals surface area contributed by atoms with Gasteiger partial charge in [0.1, 0.15) is 0 Å². The molecule has 4 aromatic rings. The first-order valence-corrected chi connectivity index (χ1v) is 19.0. The molecule has 31 heavy (non-hydrogen) atoms. The minimum absolute atomic E-state index is 0.106. The number of hydrogen-bond donors (Lipinski definition) is 2. The number of benzene rings is 2. The Morgan fingerprint density at radius 2 is 1.13 bits per heavy atom. The van der Waals surface area contributed by atoms with Crippen LogP contribution < -0.4 is 0 Å². The SMILES string of the molecule is [Cl][Zr]([Cl])([CH]1C(c2c[nH]nn2)=Cc2ccccc21)[CH]1C(c2c[nH]nn2)=Cc2ccccc21. The third-order valence-electron chi connectivity index (χ3n) is 6.05. The van der Waals surface area contributed by atoms with Crippen LogP contribution in [0.15, 0.2) is 60.9 Å². The molecule has 0 saturated heterocycles. The number of rotatable bonds is 4. The molecule has 6 rings (SSSR count). The molecule has 0 amide bonds. The van der Waals surface area contributed by atoms with E-state index in [0.29, 0.717) is 0 Å². The summed E-state index contributed by atoms with van der Waals surface area (Å²) in [4.78, 5) is 0. The predicted octanol–water partition coefficient (Wildman–Crippen LogP) is 5.28. The molecule has 9 heteroatoms. The van der Waals surface area contributed by atoms with Crippen molar-refractivity contribution in [3.05, 3.63) is 94.6 Å². The molecule has 2 atom stereocenters. The topological polar surface area (TPSA) is 83.1 Å². The van der Waals surface area contributed by atoms with Crippen molar-refractivity contribution in [2.24, 2.45) is 0 Å². The first-order valence-electron chi connectivity index (χ1n) is 9.87. The molecular formula is C22H16Cl2N6Zr. The second-order valence-electron chi connectivity index (χ2n) is 7.72. The fourth-order valence-corrected chi connectivity index (χ4v) is 17.7. The Hall–Kier alpha value is -2.34.